The molecule has 0 aliphatic heterocycles. The molecular weight excluding hydrogens is 238 g/mol. The van der Waals surface area contributed by atoms with Crippen LogP contribution in [0.1, 0.15) is 0 Å². The summed E-state index contributed by atoms with van der Waals surface area (Å²) in [6.45, 7) is 0. The quantitative estimate of drug-likeness (QED) is 0.712. The molecule has 84 valence electrons. The molecule has 0 aliphatic carbocycles. The molecule has 17 heavy (non-hydrogen) atoms. The first-order valence-electron chi connectivity index (χ1n) is 4.96. The summed E-state index contributed by atoms with van der Waals surface area (Å²) < 4.78 is 1.78. The zero-order chi connectivity index (χ0) is 11.8. The predicted molar refractivity (Wildman–Crippen MR) is 66.1 cm³/mol. The van der Waals surface area contributed by atoms with E-state index in [1.54, 1.807) is 10.9 Å². The Morgan fingerprint density at radius 3 is 2.76 bits per heavy atom. The second-order valence-corrected chi connectivity index (χ2v) is 3.90. The van der Waals surface area contributed by atoms with Crippen LogP contribution >= 0.6 is 11.6 Å². The average molecular weight is 246 g/mol. The van der Waals surface area contributed by atoms with E-state index >= 15 is 0 Å². The average Bonchev–Trinajstić information content (AvgIpc) is 2.75. The number of rotatable bonds is 1. The third kappa shape index (κ3) is 1.52. The van der Waals surface area contributed by atoms with Crippen LogP contribution in [-0.4, -0.2) is 19.5 Å². The Morgan fingerprint density at radius 2 is 1.94 bits per heavy atom. The Kier molecular flexibility index (Phi) is 2.19. The molecule has 0 aliphatic rings. The predicted octanol–water partition coefficient (Wildman–Crippen LogP) is 2.05. The minimum atomic E-state index is 0.382. The van der Waals surface area contributed by atoms with Gasteiger partial charge in [-0.15, -0.1) is 0 Å². The maximum atomic E-state index is 6.14. The lowest BCUT2D eigenvalue weighted by molar-refractivity contribution is 1.09. The molecule has 0 amide bonds. The van der Waals surface area contributed by atoms with Crippen molar-refractivity contribution < 1.29 is 0 Å². The van der Waals surface area contributed by atoms with Crippen LogP contribution in [0, 0.1) is 0 Å². The summed E-state index contributed by atoms with van der Waals surface area (Å²) in [7, 11) is 0. The fourth-order valence-corrected chi connectivity index (χ4v) is 1.93. The Bertz CT molecular complexity index is 691. The molecular formula is C11H8ClN5. The molecule has 0 bridgehead atoms. The number of nitrogens with two attached hydrogens (primary N) is 1. The van der Waals surface area contributed by atoms with Gasteiger partial charge in [0.25, 0.3) is 0 Å². The molecule has 3 rings (SSSR count). The molecule has 0 fully saturated rings. The number of nitrogens with zero attached hydrogens (tertiary/aromatic N) is 4. The maximum absolute atomic E-state index is 6.14. The lowest BCUT2D eigenvalue weighted by Crippen LogP contribution is -1.99. The highest BCUT2D eigenvalue weighted by Gasteiger charge is 2.11. The van der Waals surface area contributed by atoms with Crippen LogP contribution < -0.4 is 5.73 Å². The summed E-state index contributed by atoms with van der Waals surface area (Å²) in [4.78, 5) is 12.2. The molecule has 0 radical (unpaired) electrons. The highest BCUT2D eigenvalue weighted by atomic mass is 35.5. The molecule has 0 saturated carbocycles. The van der Waals surface area contributed by atoms with Gasteiger partial charge in [0.1, 0.15) is 18.2 Å². The van der Waals surface area contributed by atoms with E-state index in [-0.39, 0.29) is 0 Å². The van der Waals surface area contributed by atoms with Gasteiger partial charge >= 0.3 is 0 Å². The third-order valence-electron chi connectivity index (χ3n) is 2.48. The number of anilines is 1. The van der Waals surface area contributed by atoms with E-state index in [0.29, 0.717) is 22.0 Å². The van der Waals surface area contributed by atoms with Gasteiger partial charge in [0.05, 0.1) is 10.7 Å². The minimum absolute atomic E-state index is 0.382. The summed E-state index contributed by atoms with van der Waals surface area (Å²) in [5.74, 6) is 0.382. The van der Waals surface area contributed by atoms with Crippen molar-refractivity contribution in [1.29, 1.82) is 0 Å². The first-order valence-corrected chi connectivity index (χ1v) is 5.33. The Morgan fingerprint density at radius 1 is 1.12 bits per heavy atom. The van der Waals surface area contributed by atoms with Crippen LogP contribution in [-0.2, 0) is 0 Å². The summed E-state index contributed by atoms with van der Waals surface area (Å²) in [6.07, 6.45) is 3.03. The largest absolute Gasteiger partial charge is 0.382 e. The molecule has 3 aromatic rings. The normalized spacial score (nSPS) is 10.9. The van der Waals surface area contributed by atoms with Crippen LogP contribution in [0.5, 0.6) is 0 Å². The van der Waals surface area contributed by atoms with Crippen molar-refractivity contribution in [1.82, 2.24) is 19.5 Å². The van der Waals surface area contributed by atoms with Gasteiger partial charge in [-0.05, 0) is 12.1 Å². The van der Waals surface area contributed by atoms with Gasteiger partial charge in [-0.3, -0.25) is 4.57 Å². The zero-order valence-corrected chi connectivity index (χ0v) is 9.46. The van der Waals surface area contributed by atoms with E-state index in [2.05, 4.69) is 15.0 Å². The summed E-state index contributed by atoms with van der Waals surface area (Å²) >= 11 is 6.14. The molecule has 0 atom stereocenters. The van der Waals surface area contributed by atoms with Crippen molar-refractivity contribution in [2.24, 2.45) is 0 Å². The van der Waals surface area contributed by atoms with Crippen LogP contribution in [0.15, 0.2) is 36.9 Å². The van der Waals surface area contributed by atoms with Gasteiger partial charge in [0.15, 0.2) is 11.5 Å². The van der Waals surface area contributed by atoms with E-state index in [1.807, 2.05) is 24.3 Å². The second-order valence-electron chi connectivity index (χ2n) is 3.50. The van der Waals surface area contributed by atoms with Crippen LogP contribution in [0.4, 0.5) is 5.82 Å². The Balaban J connectivity index is 2.36. The summed E-state index contributed by atoms with van der Waals surface area (Å²) in [5.41, 5.74) is 7.86. The number of hydrogen-bond donors (Lipinski definition) is 1. The Hall–Kier alpha value is -2.14. The highest BCUT2D eigenvalue weighted by Crippen LogP contribution is 2.25. The number of halogens is 1. The van der Waals surface area contributed by atoms with E-state index in [1.165, 1.54) is 6.33 Å². The molecule has 2 heterocycles. The fraction of sp³-hybridized carbons (Fsp3) is 0. The topological polar surface area (TPSA) is 69.6 Å². The standard InChI is InChI=1S/C11H8ClN5/c12-7-3-1-2-4-8(7)17-6-16-11-9(17)10(13)14-5-15-11/h1-6H,(H2,13,14,15). The Labute approximate surface area is 102 Å². The lowest BCUT2D eigenvalue weighted by atomic mass is 10.3. The molecule has 0 saturated heterocycles. The van der Waals surface area contributed by atoms with Gasteiger partial charge in [-0.2, -0.15) is 0 Å². The molecule has 0 spiro atoms. The number of para-hydroxylation sites is 1. The summed E-state index contributed by atoms with van der Waals surface area (Å²) in [5, 5.41) is 0.620. The van der Waals surface area contributed by atoms with Gasteiger partial charge in [-0.1, -0.05) is 23.7 Å². The van der Waals surface area contributed by atoms with Crippen molar-refractivity contribution in [2.75, 3.05) is 5.73 Å². The van der Waals surface area contributed by atoms with Crippen molar-refractivity contribution in [3.05, 3.63) is 41.9 Å². The molecule has 2 N–H and O–H groups in total. The van der Waals surface area contributed by atoms with Crippen molar-refractivity contribution >= 4 is 28.6 Å². The number of fused-ring (bicyclic) bond motifs is 1. The monoisotopic (exact) mass is 245 g/mol. The zero-order valence-electron chi connectivity index (χ0n) is 8.71. The van der Waals surface area contributed by atoms with Crippen LogP contribution in [0.2, 0.25) is 5.02 Å². The third-order valence-corrected chi connectivity index (χ3v) is 2.80. The van der Waals surface area contributed by atoms with E-state index < -0.39 is 0 Å². The molecule has 0 unspecified atom stereocenters. The first-order chi connectivity index (χ1) is 8.27. The number of benzene rings is 1. The van der Waals surface area contributed by atoms with Crippen LogP contribution in [0.3, 0.4) is 0 Å². The van der Waals surface area contributed by atoms with Crippen molar-refractivity contribution in [3.63, 3.8) is 0 Å². The molecule has 6 heteroatoms. The smallest absolute Gasteiger partial charge is 0.183 e. The van der Waals surface area contributed by atoms with Crippen molar-refractivity contribution in [2.45, 2.75) is 0 Å². The van der Waals surface area contributed by atoms with E-state index in [9.17, 15) is 0 Å². The lowest BCUT2D eigenvalue weighted by Gasteiger charge is -2.06. The molecule has 1 aromatic carbocycles. The number of imidazole rings is 1. The highest BCUT2D eigenvalue weighted by molar-refractivity contribution is 6.32. The SMILES string of the molecule is Nc1ncnc2ncn(-c3ccccc3Cl)c12. The first kappa shape index (κ1) is 10.0. The van der Waals surface area contributed by atoms with Crippen molar-refractivity contribution in [3.8, 4) is 5.69 Å². The second kappa shape index (κ2) is 3.71. The van der Waals surface area contributed by atoms with Gasteiger partial charge in [-0.25, -0.2) is 15.0 Å². The number of hydrogen-bond acceptors (Lipinski definition) is 4. The number of aromatic nitrogens is 4. The molecule has 5 nitrogen and oxygen atoms in total. The summed E-state index contributed by atoms with van der Waals surface area (Å²) in [6, 6.07) is 7.45. The van der Waals surface area contributed by atoms with Gasteiger partial charge in [0.2, 0.25) is 0 Å². The van der Waals surface area contributed by atoms with Gasteiger partial charge in [0, 0.05) is 0 Å². The number of nitrogen functional groups attached to an aromatic ring is 1. The van der Waals surface area contributed by atoms with E-state index in [0.717, 1.165) is 5.69 Å². The van der Waals surface area contributed by atoms with E-state index in [4.69, 9.17) is 17.3 Å². The van der Waals surface area contributed by atoms with Gasteiger partial charge < -0.3 is 5.73 Å². The fourth-order valence-electron chi connectivity index (χ4n) is 1.71. The maximum Gasteiger partial charge on any atom is 0.183 e. The minimum Gasteiger partial charge on any atom is -0.382 e. The molecule has 2 aromatic heterocycles. The van der Waals surface area contributed by atoms with Crippen LogP contribution in [0.25, 0.3) is 16.9 Å².